The second-order valence-electron chi connectivity index (χ2n) is 4.24. The second kappa shape index (κ2) is 4.93. The fraction of sp³-hybridized carbons (Fsp3) is 0.286. The molecule has 0 aromatic heterocycles. The first-order chi connectivity index (χ1) is 7.32. The Morgan fingerprint density at radius 3 is 2.44 bits per heavy atom. The molecule has 0 saturated carbocycles. The molecule has 1 rings (SSSR count). The summed E-state index contributed by atoms with van der Waals surface area (Å²) in [4.78, 5) is 0. The van der Waals surface area contributed by atoms with Gasteiger partial charge in [0.15, 0.2) is 0 Å². The molecule has 0 heterocycles. The van der Waals surface area contributed by atoms with Crippen molar-refractivity contribution in [3.63, 3.8) is 0 Å². The maximum absolute atomic E-state index is 13.6. The van der Waals surface area contributed by atoms with Crippen molar-refractivity contribution in [1.29, 1.82) is 0 Å². The van der Waals surface area contributed by atoms with Crippen molar-refractivity contribution in [2.24, 2.45) is 0 Å². The average Bonchev–Trinajstić information content (AvgIpc) is 2.16. The maximum atomic E-state index is 13.6. The van der Waals surface area contributed by atoms with Crippen LogP contribution in [0.3, 0.4) is 0 Å². The summed E-state index contributed by atoms with van der Waals surface area (Å²) in [5.41, 5.74) is 1.73. The second-order valence-corrected chi connectivity index (χ2v) is 5.33. The average molecular weight is 236 g/mol. The molecule has 16 heavy (non-hydrogen) atoms. The van der Waals surface area contributed by atoms with Gasteiger partial charge in [0.05, 0.1) is 0 Å². The van der Waals surface area contributed by atoms with E-state index in [9.17, 15) is 4.39 Å². The molecule has 0 N–H and O–H groups in total. The summed E-state index contributed by atoms with van der Waals surface area (Å²) in [5, 5.41) is 0.682. The Bertz CT molecular complexity index is 506. The lowest BCUT2D eigenvalue weighted by Gasteiger charge is -2.14. The molecular formula is C14H18FP. The number of hydrogen-bond acceptors (Lipinski definition) is 0. The molecular weight excluding hydrogens is 218 g/mol. The van der Waals surface area contributed by atoms with Crippen LogP contribution in [-0.2, 0) is 0 Å². The molecule has 0 amide bonds. The van der Waals surface area contributed by atoms with Gasteiger partial charge in [-0.3, -0.25) is 0 Å². The summed E-state index contributed by atoms with van der Waals surface area (Å²) >= 11 is 0. The Balaban J connectivity index is 3.33. The van der Waals surface area contributed by atoms with Gasteiger partial charge in [-0.05, 0) is 42.4 Å². The van der Waals surface area contributed by atoms with E-state index in [0.717, 1.165) is 16.0 Å². The van der Waals surface area contributed by atoms with Gasteiger partial charge in [0.2, 0.25) is 0 Å². The zero-order valence-electron chi connectivity index (χ0n) is 10.0. The molecule has 2 atom stereocenters. The highest BCUT2D eigenvalue weighted by molar-refractivity contribution is 7.19. The van der Waals surface area contributed by atoms with Crippen LogP contribution >= 0.6 is 9.24 Å². The summed E-state index contributed by atoms with van der Waals surface area (Å²) in [6.45, 7) is 9.27. The van der Waals surface area contributed by atoms with E-state index in [2.05, 4.69) is 15.8 Å². The largest absolute Gasteiger partial charge is 0.235 e. The van der Waals surface area contributed by atoms with E-state index in [4.69, 9.17) is 0 Å². The third kappa shape index (κ3) is 3.28. The number of alkyl halides is 1. The highest BCUT2D eigenvalue weighted by atomic mass is 31.0. The quantitative estimate of drug-likeness (QED) is 0.693. The van der Waals surface area contributed by atoms with Crippen LogP contribution in [0.4, 0.5) is 4.39 Å². The summed E-state index contributed by atoms with van der Waals surface area (Å²) in [6.07, 6.45) is 1.87. The number of halogens is 1. The molecule has 0 fully saturated rings. The van der Waals surface area contributed by atoms with Crippen LogP contribution in [0.5, 0.6) is 0 Å². The summed E-state index contributed by atoms with van der Waals surface area (Å²) in [6, 6.07) is 7.87. The van der Waals surface area contributed by atoms with Crippen LogP contribution in [-0.4, -0.2) is 5.41 Å². The smallest absolute Gasteiger partial charge is 0.141 e. The first-order valence-corrected chi connectivity index (χ1v) is 5.81. The lowest BCUT2D eigenvalue weighted by Crippen LogP contribution is -2.24. The van der Waals surface area contributed by atoms with Gasteiger partial charge >= 0.3 is 0 Å². The van der Waals surface area contributed by atoms with Crippen molar-refractivity contribution in [2.75, 3.05) is 0 Å². The molecule has 1 aromatic carbocycles. The Morgan fingerprint density at radius 1 is 1.38 bits per heavy atom. The van der Waals surface area contributed by atoms with Crippen molar-refractivity contribution in [2.45, 2.75) is 26.2 Å². The van der Waals surface area contributed by atoms with Crippen molar-refractivity contribution in [3.05, 3.63) is 46.4 Å². The number of rotatable bonds is 2. The predicted octanol–water partition coefficient (Wildman–Crippen LogP) is 2.77. The number of allylic oxidation sites excluding steroid dienone is 2. The van der Waals surface area contributed by atoms with Gasteiger partial charge in [-0.15, -0.1) is 0 Å². The zero-order valence-corrected chi connectivity index (χ0v) is 11.2. The topological polar surface area (TPSA) is 0 Å². The van der Waals surface area contributed by atoms with Gasteiger partial charge in [-0.25, -0.2) is 4.39 Å². The Kier molecular flexibility index (Phi) is 4.04. The highest BCUT2D eigenvalue weighted by Gasteiger charge is 2.17. The van der Waals surface area contributed by atoms with E-state index in [1.807, 2.05) is 37.3 Å². The van der Waals surface area contributed by atoms with E-state index < -0.39 is 5.41 Å². The van der Waals surface area contributed by atoms with Gasteiger partial charge in [0.1, 0.15) is 5.41 Å². The monoisotopic (exact) mass is 236 g/mol. The number of hydrogen-bond donors (Lipinski definition) is 0. The molecule has 0 aliphatic rings. The third-order valence-corrected chi connectivity index (χ3v) is 3.10. The SMILES string of the molecule is C=c1cccc/c1=C(C)/C=C(\C)C(C)(F)P. The van der Waals surface area contributed by atoms with E-state index >= 15 is 0 Å². The van der Waals surface area contributed by atoms with Crippen LogP contribution in [0.1, 0.15) is 20.8 Å². The standard InChI is InChI=1S/C14H18FP/c1-10-7-5-6-8-13(10)11(2)9-12(3)14(4,15)16/h5-9H,1,16H2,2-4H3/b12-9+,13-11-. The zero-order chi connectivity index (χ0) is 12.3. The van der Waals surface area contributed by atoms with Gasteiger partial charge < -0.3 is 0 Å². The molecule has 0 aliphatic heterocycles. The first-order valence-electron chi connectivity index (χ1n) is 5.24. The minimum atomic E-state index is -1.35. The first kappa shape index (κ1) is 13.1. The Morgan fingerprint density at radius 2 is 1.94 bits per heavy atom. The van der Waals surface area contributed by atoms with Crippen molar-refractivity contribution in [1.82, 2.24) is 0 Å². The lowest BCUT2D eigenvalue weighted by atomic mass is 10.1. The summed E-state index contributed by atoms with van der Waals surface area (Å²) in [5.74, 6) is 0. The summed E-state index contributed by atoms with van der Waals surface area (Å²) in [7, 11) is 2.21. The van der Waals surface area contributed by atoms with Crippen molar-refractivity contribution < 1.29 is 4.39 Å². The Labute approximate surface area is 98.8 Å². The van der Waals surface area contributed by atoms with Crippen LogP contribution < -0.4 is 10.4 Å². The molecule has 0 radical (unpaired) electrons. The van der Waals surface area contributed by atoms with Gasteiger partial charge in [0, 0.05) is 0 Å². The summed E-state index contributed by atoms with van der Waals surface area (Å²) < 4.78 is 13.6. The Hall–Kier alpha value is -0.940. The third-order valence-electron chi connectivity index (χ3n) is 2.65. The molecule has 1 aromatic rings. The lowest BCUT2D eigenvalue weighted by molar-refractivity contribution is 0.366. The molecule has 2 unspecified atom stereocenters. The number of benzene rings is 1. The molecule has 0 nitrogen and oxygen atoms in total. The van der Waals surface area contributed by atoms with E-state index in [0.29, 0.717) is 5.57 Å². The molecule has 0 saturated heterocycles. The fourth-order valence-electron chi connectivity index (χ4n) is 1.45. The van der Waals surface area contributed by atoms with E-state index in [1.54, 1.807) is 6.92 Å². The van der Waals surface area contributed by atoms with Crippen LogP contribution in [0.2, 0.25) is 0 Å². The minimum absolute atomic E-state index is 0.693. The normalized spacial score (nSPS) is 17.9. The van der Waals surface area contributed by atoms with Crippen LogP contribution in [0, 0.1) is 0 Å². The molecule has 0 spiro atoms. The molecule has 2 heteroatoms. The van der Waals surface area contributed by atoms with E-state index in [-0.39, 0.29) is 0 Å². The van der Waals surface area contributed by atoms with Gasteiger partial charge in [0.25, 0.3) is 0 Å². The molecule has 86 valence electrons. The van der Waals surface area contributed by atoms with E-state index in [1.165, 1.54) is 6.92 Å². The molecule has 0 aliphatic carbocycles. The minimum Gasteiger partial charge on any atom is -0.235 e. The van der Waals surface area contributed by atoms with Gasteiger partial charge in [-0.1, -0.05) is 46.2 Å². The molecule has 0 bridgehead atoms. The van der Waals surface area contributed by atoms with Crippen LogP contribution in [0.15, 0.2) is 35.9 Å². The predicted molar refractivity (Wildman–Crippen MR) is 73.3 cm³/mol. The maximum Gasteiger partial charge on any atom is 0.141 e. The van der Waals surface area contributed by atoms with Gasteiger partial charge in [-0.2, -0.15) is 0 Å². The highest BCUT2D eigenvalue weighted by Crippen LogP contribution is 2.28. The van der Waals surface area contributed by atoms with Crippen molar-refractivity contribution >= 4 is 21.4 Å². The van der Waals surface area contributed by atoms with Crippen molar-refractivity contribution in [3.8, 4) is 0 Å². The fourth-order valence-corrected chi connectivity index (χ4v) is 1.53. The van der Waals surface area contributed by atoms with Crippen LogP contribution in [0.25, 0.3) is 12.2 Å².